The van der Waals surface area contributed by atoms with E-state index in [1.807, 2.05) is 0 Å². The molecule has 0 nitrogen and oxygen atoms in total. The second kappa shape index (κ2) is 3.97. The molecule has 9 heavy (non-hydrogen) atoms. The van der Waals surface area contributed by atoms with E-state index in [-0.39, 0.29) is 0 Å². The Labute approximate surface area is 60.4 Å². The van der Waals surface area contributed by atoms with Gasteiger partial charge in [0.05, 0.1) is 7.85 Å². The first kappa shape index (κ1) is 9.06. The maximum absolute atomic E-state index is 5.64. The second-order valence-corrected chi connectivity index (χ2v) is 2.76. The molecule has 0 aromatic carbocycles. The first-order chi connectivity index (χ1) is 4.24. The lowest BCUT2D eigenvalue weighted by Gasteiger charge is -2.28. The molecule has 0 heterocycles. The summed E-state index contributed by atoms with van der Waals surface area (Å²) in [4.78, 5) is 0. The van der Waals surface area contributed by atoms with E-state index in [2.05, 4.69) is 20.8 Å². The van der Waals surface area contributed by atoms with Crippen LogP contribution in [0.25, 0.3) is 0 Å². The highest BCUT2D eigenvalue weighted by molar-refractivity contribution is 6.08. The van der Waals surface area contributed by atoms with Crippen LogP contribution in [-0.4, -0.2) is 7.85 Å². The average Bonchev–Trinajstić information content (AvgIpc) is 1.95. The van der Waals surface area contributed by atoms with Crippen molar-refractivity contribution in [1.29, 1.82) is 0 Å². The number of hydrogen-bond acceptors (Lipinski definition) is 0. The molecule has 0 spiro atoms. The van der Waals surface area contributed by atoms with Gasteiger partial charge in [-0.2, -0.15) is 0 Å². The SMILES string of the molecule is [B]CC(CC)(CC)CC. The van der Waals surface area contributed by atoms with Crippen molar-refractivity contribution in [3.8, 4) is 0 Å². The Bertz CT molecular complexity index is 47.5. The molecule has 0 bridgehead atoms. The van der Waals surface area contributed by atoms with Crippen LogP contribution in [0.1, 0.15) is 40.0 Å². The minimum absolute atomic E-state index is 0.444. The Morgan fingerprint density at radius 1 is 1.00 bits per heavy atom. The summed E-state index contributed by atoms with van der Waals surface area (Å²) < 4.78 is 0. The van der Waals surface area contributed by atoms with Gasteiger partial charge >= 0.3 is 0 Å². The third-order valence-electron chi connectivity index (χ3n) is 2.68. The van der Waals surface area contributed by atoms with Crippen LogP contribution in [0, 0.1) is 5.41 Å². The highest BCUT2D eigenvalue weighted by Crippen LogP contribution is 2.33. The van der Waals surface area contributed by atoms with Crippen molar-refractivity contribution >= 4 is 7.85 Å². The molecule has 0 saturated heterocycles. The van der Waals surface area contributed by atoms with Gasteiger partial charge in [0.15, 0.2) is 0 Å². The van der Waals surface area contributed by atoms with Crippen molar-refractivity contribution in [2.45, 2.75) is 46.4 Å². The van der Waals surface area contributed by atoms with Crippen LogP contribution in [0.2, 0.25) is 6.32 Å². The molecule has 0 saturated carbocycles. The maximum atomic E-state index is 5.64. The first-order valence-corrected chi connectivity index (χ1v) is 3.94. The summed E-state index contributed by atoms with van der Waals surface area (Å²) in [5.74, 6) is 0. The number of rotatable bonds is 4. The summed E-state index contributed by atoms with van der Waals surface area (Å²) in [6.45, 7) is 6.67. The Morgan fingerprint density at radius 3 is 1.33 bits per heavy atom. The third kappa shape index (κ3) is 2.04. The molecule has 0 aliphatic rings. The zero-order chi connectivity index (χ0) is 7.33. The molecule has 0 rings (SSSR count). The Morgan fingerprint density at radius 2 is 1.33 bits per heavy atom. The van der Waals surface area contributed by atoms with Crippen LogP contribution in [0.15, 0.2) is 0 Å². The van der Waals surface area contributed by atoms with Crippen LogP contribution in [0.3, 0.4) is 0 Å². The van der Waals surface area contributed by atoms with E-state index in [9.17, 15) is 0 Å². The summed E-state index contributed by atoms with van der Waals surface area (Å²) in [7, 11) is 5.64. The van der Waals surface area contributed by atoms with E-state index < -0.39 is 0 Å². The molecule has 0 aliphatic heterocycles. The molecule has 0 aromatic rings. The molecule has 0 aromatic heterocycles. The molecule has 52 valence electrons. The Balaban J connectivity index is 3.82. The fourth-order valence-electron chi connectivity index (χ4n) is 1.18. The predicted molar refractivity (Wildman–Crippen MR) is 43.9 cm³/mol. The molecule has 0 aliphatic carbocycles. The van der Waals surface area contributed by atoms with Crippen LogP contribution in [0.4, 0.5) is 0 Å². The zero-order valence-electron chi connectivity index (χ0n) is 6.91. The van der Waals surface area contributed by atoms with Crippen LogP contribution < -0.4 is 0 Å². The first-order valence-electron chi connectivity index (χ1n) is 3.94. The van der Waals surface area contributed by atoms with Crippen LogP contribution in [0.5, 0.6) is 0 Å². The zero-order valence-corrected chi connectivity index (χ0v) is 6.91. The van der Waals surface area contributed by atoms with Gasteiger partial charge in [-0.1, -0.05) is 46.4 Å². The quantitative estimate of drug-likeness (QED) is 0.505. The Kier molecular flexibility index (Phi) is 4.00. The van der Waals surface area contributed by atoms with Gasteiger partial charge in [-0.05, 0) is 5.41 Å². The molecule has 0 fully saturated rings. The van der Waals surface area contributed by atoms with Gasteiger partial charge in [-0.15, -0.1) is 0 Å². The molecule has 2 radical (unpaired) electrons. The molecule has 0 N–H and O–H groups in total. The third-order valence-corrected chi connectivity index (χ3v) is 2.68. The lowest BCUT2D eigenvalue weighted by Crippen LogP contribution is -2.16. The molecule has 1 heteroatoms. The largest absolute Gasteiger partial charge is 0.0832 e. The van der Waals surface area contributed by atoms with E-state index in [0.29, 0.717) is 5.41 Å². The monoisotopic (exact) mass is 124 g/mol. The van der Waals surface area contributed by atoms with Gasteiger partial charge in [-0.3, -0.25) is 0 Å². The predicted octanol–water partition coefficient (Wildman–Crippen LogP) is 2.79. The summed E-state index contributed by atoms with van der Waals surface area (Å²) in [6, 6.07) is 0. The average molecular weight is 124 g/mol. The topological polar surface area (TPSA) is 0 Å². The van der Waals surface area contributed by atoms with E-state index in [4.69, 9.17) is 7.85 Å². The lowest BCUT2D eigenvalue weighted by atomic mass is 9.70. The van der Waals surface area contributed by atoms with Gasteiger partial charge in [0.2, 0.25) is 0 Å². The van der Waals surface area contributed by atoms with Crippen molar-refractivity contribution in [3.05, 3.63) is 0 Å². The lowest BCUT2D eigenvalue weighted by molar-refractivity contribution is 0.287. The smallest absolute Gasteiger partial charge is 0.0660 e. The molecular formula is C8H17B. The fourth-order valence-corrected chi connectivity index (χ4v) is 1.18. The summed E-state index contributed by atoms with van der Waals surface area (Å²) >= 11 is 0. The van der Waals surface area contributed by atoms with Crippen molar-refractivity contribution < 1.29 is 0 Å². The van der Waals surface area contributed by atoms with E-state index in [1.54, 1.807) is 0 Å². The van der Waals surface area contributed by atoms with Crippen molar-refractivity contribution in [1.82, 2.24) is 0 Å². The van der Waals surface area contributed by atoms with Gasteiger partial charge in [0.25, 0.3) is 0 Å². The van der Waals surface area contributed by atoms with Crippen LogP contribution >= 0.6 is 0 Å². The minimum atomic E-state index is 0.444. The minimum Gasteiger partial charge on any atom is -0.0832 e. The molecule has 0 atom stereocenters. The summed E-state index contributed by atoms with van der Waals surface area (Å²) in [6.07, 6.45) is 4.50. The maximum Gasteiger partial charge on any atom is 0.0660 e. The number of hydrogen-bond donors (Lipinski definition) is 0. The van der Waals surface area contributed by atoms with Crippen LogP contribution in [-0.2, 0) is 0 Å². The highest BCUT2D eigenvalue weighted by Gasteiger charge is 2.19. The fraction of sp³-hybridized carbons (Fsp3) is 1.00. The van der Waals surface area contributed by atoms with Gasteiger partial charge in [0, 0.05) is 0 Å². The van der Waals surface area contributed by atoms with Crippen molar-refractivity contribution in [3.63, 3.8) is 0 Å². The molecule has 0 amide bonds. The summed E-state index contributed by atoms with van der Waals surface area (Å²) in [5.41, 5.74) is 0.444. The standard InChI is InChI=1S/C8H17B/c1-4-8(5-2,6-3)7-9/h4-7H2,1-3H3. The highest BCUT2D eigenvalue weighted by atomic mass is 14.2. The molecular weight excluding hydrogens is 107 g/mol. The Hall–Kier alpha value is 0.0649. The van der Waals surface area contributed by atoms with Gasteiger partial charge < -0.3 is 0 Å². The van der Waals surface area contributed by atoms with E-state index in [0.717, 1.165) is 6.32 Å². The van der Waals surface area contributed by atoms with E-state index >= 15 is 0 Å². The van der Waals surface area contributed by atoms with Crippen molar-refractivity contribution in [2.24, 2.45) is 5.41 Å². The summed E-state index contributed by atoms with van der Waals surface area (Å²) in [5, 5.41) is 0. The normalized spacial score (nSPS) is 11.9. The molecule has 0 unspecified atom stereocenters. The van der Waals surface area contributed by atoms with Crippen molar-refractivity contribution in [2.75, 3.05) is 0 Å². The second-order valence-electron chi connectivity index (χ2n) is 2.76. The van der Waals surface area contributed by atoms with Gasteiger partial charge in [0.1, 0.15) is 0 Å². The van der Waals surface area contributed by atoms with E-state index in [1.165, 1.54) is 19.3 Å². The van der Waals surface area contributed by atoms with Gasteiger partial charge in [-0.25, -0.2) is 0 Å².